The quantitative estimate of drug-likeness (QED) is 0.206. The van der Waals surface area contributed by atoms with Gasteiger partial charge in [-0.25, -0.2) is 19.3 Å². The second kappa shape index (κ2) is 12.7. The number of aromatic nitrogens is 4. The van der Waals surface area contributed by atoms with E-state index in [1.807, 2.05) is 0 Å². The van der Waals surface area contributed by atoms with Gasteiger partial charge in [0, 0.05) is 68.8 Å². The Kier molecular flexibility index (Phi) is 8.71. The average molecular weight is 645 g/mol. The van der Waals surface area contributed by atoms with Crippen LogP contribution in [-0.2, 0) is 9.63 Å². The van der Waals surface area contributed by atoms with Gasteiger partial charge in [-0.15, -0.1) is 10.2 Å². The second-order valence-corrected chi connectivity index (χ2v) is 11.5. The molecule has 15 heteroatoms. The molecule has 0 radical (unpaired) electrons. The molecule has 2 fully saturated rings. The number of halogens is 4. The number of carbonyl (C=O) groups excluding carboxylic acids is 1. The van der Waals surface area contributed by atoms with Crippen LogP contribution in [0, 0.1) is 0 Å². The first kappa shape index (κ1) is 30.9. The minimum absolute atomic E-state index is 0.0207. The van der Waals surface area contributed by atoms with Gasteiger partial charge in [-0.2, -0.15) is 13.2 Å². The molecule has 0 N–H and O–H groups in total. The molecular formula is C30H32ClF3N8O3. The molecule has 4 aromatic rings. The highest BCUT2D eigenvalue weighted by molar-refractivity contribution is 6.29. The number of piperazine rings is 1. The lowest BCUT2D eigenvalue weighted by Gasteiger charge is -2.42. The highest BCUT2D eigenvalue weighted by Gasteiger charge is 2.44. The van der Waals surface area contributed by atoms with Crippen molar-refractivity contribution in [3.63, 3.8) is 0 Å². The Balaban J connectivity index is 1.30. The molecule has 6 rings (SSSR count). The number of anilines is 3. The fraction of sp³-hybridized carbons (Fsp3) is 0.400. The predicted octanol–water partition coefficient (Wildman–Crippen LogP) is 4.83. The highest BCUT2D eigenvalue weighted by atomic mass is 35.5. The number of hydrogen-bond donors (Lipinski definition) is 0. The summed E-state index contributed by atoms with van der Waals surface area (Å²) in [7, 11) is 3.54. The Morgan fingerprint density at radius 3 is 2.40 bits per heavy atom. The normalized spacial score (nSPS) is 17.1. The molecule has 3 aromatic heterocycles. The molecule has 2 saturated heterocycles. The van der Waals surface area contributed by atoms with Crippen LogP contribution < -0.4 is 14.7 Å². The third-order valence-electron chi connectivity index (χ3n) is 8.26. The minimum Gasteiger partial charge on any atom is -0.494 e. The molecule has 0 saturated carbocycles. The molecular weight excluding hydrogens is 613 g/mol. The lowest BCUT2D eigenvalue weighted by Crippen LogP contribution is -2.52. The van der Waals surface area contributed by atoms with Crippen molar-refractivity contribution >= 4 is 40.4 Å². The van der Waals surface area contributed by atoms with Crippen molar-refractivity contribution in [1.29, 1.82) is 0 Å². The van der Waals surface area contributed by atoms with Crippen molar-refractivity contribution in [3.8, 4) is 17.0 Å². The van der Waals surface area contributed by atoms with Crippen LogP contribution in [0.15, 0.2) is 54.9 Å². The number of pyridine rings is 1. The zero-order chi connectivity index (χ0) is 31.7. The average Bonchev–Trinajstić information content (AvgIpc) is 3.47. The van der Waals surface area contributed by atoms with E-state index in [1.165, 1.54) is 23.9 Å². The summed E-state index contributed by atoms with van der Waals surface area (Å²) in [5.41, 5.74) is 2.64. The number of ether oxygens (including phenoxy) is 1. The molecule has 238 valence electrons. The molecule has 1 aromatic carbocycles. The zero-order valence-corrected chi connectivity index (χ0v) is 25.5. The van der Waals surface area contributed by atoms with Crippen LogP contribution in [0.1, 0.15) is 12.8 Å². The fourth-order valence-electron chi connectivity index (χ4n) is 5.77. The summed E-state index contributed by atoms with van der Waals surface area (Å²) < 4.78 is 47.4. The van der Waals surface area contributed by atoms with Crippen LogP contribution in [0.4, 0.5) is 30.5 Å². The van der Waals surface area contributed by atoms with E-state index in [4.69, 9.17) is 21.2 Å². The first-order chi connectivity index (χ1) is 21.6. The summed E-state index contributed by atoms with van der Waals surface area (Å²) in [6, 6.07) is 12.4. The number of rotatable bonds is 7. The van der Waals surface area contributed by atoms with Gasteiger partial charge in [-0.05, 0) is 56.3 Å². The third kappa shape index (κ3) is 6.63. The van der Waals surface area contributed by atoms with E-state index in [2.05, 4.69) is 36.8 Å². The van der Waals surface area contributed by atoms with E-state index in [-0.39, 0.29) is 17.4 Å². The van der Waals surface area contributed by atoms with Gasteiger partial charge in [0.05, 0.1) is 24.5 Å². The van der Waals surface area contributed by atoms with Gasteiger partial charge in [0.1, 0.15) is 16.6 Å². The Hall–Kier alpha value is -4.14. The van der Waals surface area contributed by atoms with Gasteiger partial charge < -0.3 is 19.4 Å². The lowest BCUT2D eigenvalue weighted by molar-refractivity contribution is -0.200. The van der Waals surface area contributed by atoms with Crippen molar-refractivity contribution in [1.82, 2.24) is 29.4 Å². The van der Waals surface area contributed by atoms with Crippen molar-refractivity contribution in [3.05, 3.63) is 60.0 Å². The minimum atomic E-state index is -5.27. The van der Waals surface area contributed by atoms with Crippen LogP contribution >= 0.6 is 11.6 Å². The van der Waals surface area contributed by atoms with Gasteiger partial charge in [0.15, 0.2) is 0 Å². The third-order valence-corrected chi connectivity index (χ3v) is 8.49. The van der Waals surface area contributed by atoms with Crippen LogP contribution in [0.25, 0.3) is 16.8 Å². The largest absolute Gasteiger partial charge is 0.494 e. The van der Waals surface area contributed by atoms with Crippen molar-refractivity contribution in [2.75, 3.05) is 63.4 Å². The molecule has 0 bridgehead atoms. The summed E-state index contributed by atoms with van der Waals surface area (Å²) in [6.07, 6.45) is -0.312. The summed E-state index contributed by atoms with van der Waals surface area (Å²) in [6.45, 7) is 5.89. The SMILES string of the molecule is COc1cc(N2CCC(N3CCN(C)CC3)CC2)ccc1N(OC(=O)C(F)(F)F)c1ncc2ccc(-c3ccc(Cl)nc3)n2n1. The van der Waals surface area contributed by atoms with Gasteiger partial charge in [-0.3, -0.25) is 4.90 Å². The van der Waals surface area contributed by atoms with E-state index < -0.39 is 12.1 Å². The molecule has 0 atom stereocenters. The summed E-state index contributed by atoms with van der Waals surface area (Å²) in [4.78, 5) is 32.4. The first-order valence-electron chi connectivity index (χ1n) is 14.5. The summed E-state index contributed by atoms with van der Waals surface area (Å²) >= 11 is 5.93. The topological polar surface area (TPSA) is 91.6 Å². The smallest absolute Gasteiger partial charge is 0.493 e. The monoisotopic (exact) mass is 644 g/mol. The zero-order valence-electron chi connectivity index (χ0n) is 24.7. The van der Waals surface area contributed by atoms with Crippen molar-refractivity contribution in [2.24, 2.45) is 0 Å². The maximum atomic E-state index is 13.4. The number of piperidine rings is 1. The molecule has 2 aliphatic heterocycles. The molecule has 2 aliphatic rings. The van der Waals surface area contributed by atoms with Gasteiger partial charge in [-0.1, -0.05) is 11.6 Å². The van der Waals surface area contributed by atoms with E-state index in [0.717, 1.165) is 57.8 Å². The summed E-state index contributed by atoms with van der Waals surface area (Å²) in [5, 5.41) is 5.38. The highest BCUT2D eigenvalue weighted by Crippen LogP contribution is 2.38. The summed E-state index contributed by atoms with van der Waals surface area (Å²) in [5.74, 6) is -2.57. The Morgan fingerprint density at radius 2 is 1.73 bits per heavy atom. The standard InChI is InChI=1S/C30H32ClF3N8O3/c1-38-13-15-40(16-14-38)21-9-11-39(12-10-21)22-4-7-25(26(17-22)44-2)42(45-28(43)30(32,33)34)29-36-19-23-5-6-24(41(23)37-29)20-3-8-27(31)35-18-20/h3-8,17-19,21H,9-16H2,1-2H3. The van der Waals surface area contributed by atoms with Crippen LogP contribution in [0.2, 0.25) is 5.15 Å². The van der Waals surface area contributed by atoms with Gasteiger partial charge in [0.25, 0.3) is 5.95 Å². The van der Waals surface area contributed by atoms with Crippen LogP contribution in [0.5, 0.6) is 5.75 Å². The molecule has 0 spiro atoms. The second-order valence-electron chi connectivity index (χ2n) is 11.1. The Bertz CT molecular complexity index is 1650. The molecule has 5 heterocycles. The van der Waals surface area contributed by atoms with E-state index >= 15 is 0 Å². The number of nitrogens with zero attached hydrogens (tertiary/aromatic N) is 8. The van der Waals surface area contributed by atoms with Crippen molar-refractivity contribution in [2.45, 2.75) is 25.1 Å². The molecule has 11 nitrogen and oxygen atoms in total. The van der Waals surface area contributed by atoms with Crippen LogP contribution in [-0.4, -0.2) is 101 Å². The van der Waals surface area contributed by atoms with Crippen LogP contribution in [0.3, 0.4) is 0 Å². The van der Waals surface area contributed by atoms with E-state index in [9.17, 15) is 18.0 Å². The molecule has 0 aliphatic carbocycles. The van der Waals surface area contributed by atoms with Gasteiger partial charge >= 0.3 is 12.1 Å². The number of methoxy groups -OCH3 is 1. The predicted molar refractivity (Wildman–Crippen MR) is 163 cm³/mol. The van der Waals surface area contributed by atoms with E-state index in [1.54, 1.807) is 42.6 Å². The number of carbonyl (C=O) groups is 1. The number of likely N-dealkylation sites (N-methyl/N-ethyl adjacent to an activating group) is 1. The maximum Gasteiger partial charge on any atom is 0.493 e. The van der Waals surface area contributed by atoms with Gasteiger partial charge in [0.2, 0.25) is 0 Å². The molecule has 0 amide bonds. The number of alkyl halides is 3. The molecule has 0 unspecified atom stereocenters. The Labute approximate surface area is 262 Å². The fourth-order valence-corrected chi connectivity index (χ4v) is 5.88. The van der Waals surface area contributed by atoms with Crippen molar-refractivity contribution < 1.29 is 27.5 Å². The maximum absolute atomic E-state index is 13.4. The number of benzene rings is 1. The lowest BCUT2D eigenvalue weighted by atomic mass is 10.0. The van der Waals surface area contributed by atoms with E-state index in [0.29, 0.717) is 33.0 Å². The first-order valence-corrected chi connectivity index (χ1v) is 14.9. The molecule has 45 heavy (non-hydrogen) atoms. The number of hydrogen-bond acceptors (Lipinski definition) is 10. The number of fused-ring (bicyclic) bond motifs is 1. The Morgan fingerprint density at radius 1 is 0.978 bits per heavy atom.